The number of nitriles is 1. The molecular formula is C12H12Cl2N2. The Morgan fingerprint density at radius 1 is 1.31 bits per heavy atom. The van der Waals surface area contributed by atoms with Crippen molar-refractivity contribution >= 4 is 28.9 Å². The molecule has 0 amide bonds. The number of halogens is 2. The van der Waals surface area contributed by atoms with Crippen molar-refractivity contribution in [2.24, 2.45) is 5.92 Å². The summed E-state index contributed by atoms with van der Waals surface area (Å²) in [4.78, 5) is 2.19. The van der Waals surface area contributed by atoms with E-state index in [1.54, 1.807) is 6.07 Å². The molecule has 1 fully saturated rings. The van der Waals surface area contributed by atoms with Gasteiger partial charge in [0.2, 0.25) is 0 Å². The third kappa shape index (κ3) is 2.42. The van der Waals surface area contributed by atoms with Gasteiger partial charge in [-0.05, 0) is 31.0 Å². The zero-order valence-electron chi connectivity index (χ0n) is 8.79. The molecule has 1 aliphatic rings. The molecular weight excluding hydrogens is 243 g/mol. The lowest BCUT2D eigenvalue weighted by Gasteiger charge is -2.31. The van der Waals surface area contributed by atoms with Crippen LogP contribution in [0.25, 0.3) is 0 Å². The summed E-state index contributed by atoms with van der Waals surface area (Å²) >= 11 is 11.9. The highest BCUT2D eigenvalue weighted by atomic mass is 35.5. The van der Waals surface area contributed by atoms with E-state index in [-0.39, 0.29) is 5.92 Å². The van der Waals surface area contributed by atoms with Crippen LogP contribution in [0.2, 0.25) is 10.0 Å². The molecule has 0 aromatic heterocycles. The van der Waals surface area contributed by atoms with Crippen molar-refractivity contribution < 1.29 is 0 Å². The van der Waals surface area contributed by atoms with Crippen LogP contribution in [0.15, 0.2) is 18.2 Å². The van der Waals surface area contributed by atoms with Crippen LogP contribution in [0.3, 0.4) is 0 Å². The Bertz CT molecular complexity index is 426. The Balaban J connectivity index is 2.17. The molecule has 0 radical (unpaired) electrons. The second-order valence-electron chi connectivity index (χ2n) is 4.01. The monoisotopic (exact) mass is 254 g/mol. The summed E-state index contributed by atoms with van der Waals surface area (Å²) in [5.41, 5.74) is 1.05. The van der Waals surface area contributed by atoms with E-state index in [0.29, 0.717) is 10.0 Å². The SMILES string of the molecule is N#CC1CCCN(c2ccc(Cl)c(Cl)c2)C1. The smallest absolute Gasteiger partial charge is 0.0674 e. The number of anilines is 1. The maximum Gasteiger partial charge on any atom is 0.0674 e. The van der Waals surface area contributed by atoms with Crippen LogP contribution in [0.1, 0.15) is 12.8 Å². The number of hydrogen-bond donors (Lipinski definition) is 0. The van der Waals surface area contributed by atoms with Gasteiger partial charge in [-0.2, -0.15) is 5.26 Å². The Labute approximate surface area is 105 Å². The van der Waals surface area contributed by atoms with Gasteiger partial charge in [-0.15, -0.1) is 0 Å². The summed E-state index contributed by atoms with van der Waals surface area (Å²) in [5.74, 6) is 0.128. The van der Waals surface area contributed by atoms with Gasteiger partial charge in [-0.3, -0.25) is 0 Å². The minimum Gasteiger partial charge on any atom is -0.370 e. The number of benzene rings is 1. The Morgan fingerprint density at radius 2 is 2.12 bits per heavy atom. The lowest BCUT2D eigenvalue weighted by atomic mass is 9.99. The predicted molar refractivity (Wildman–Crippen MR) is 67.0 cm³/mol. The third-order valence-corrected chi connectivity index (χ3v) is 3.61. The zero-order valence-corrected chi connectivity index (χ0v) is 10.3. The van der Waals surface area contributed by atoms with Crippen molar-refractivity contribution in [2.75, 3.05) is 18.0 Å². The fraction of sp³-hybridized carbons (Fsp3) is 0.417. The van der Waals surface area contributed by atoms with E-state index in [4.69, 9.17) is 28.5 Å². The van der Waals surface area contributed by atoms with E-state index >= 15 is 0 Å². The van der Waals surface area contributed by atoms with Gasteiger partial charge in [0, 0.05) is 18.8 Å². The quantitative estimate of drug-likeness (QED) is 0.764. The molecule has 0 N–H and O–H groups in total. The summed E-state index contributed by atoms with van der Waals surface area (Å²) in [6.07, 6.45) is 2.05. The predicted octanol–water partition coefficient (Wildman–Crippen LogP) is 3.73. The van der Waals surface area contributed by atoms with Gasteiger partial charge in [0.25, 0.3) is 0 Å². The number of piperidine rings is 1. The average Bonchev–Trinajstić information content (AvgIpc) is 2.33. The van der Waals surface area contributed by atoms with E-state index < -0.39 is 0 Å². The first-order valence-corrected chi connectivity index (χ1v) is 6.06. The minimum atomic E-state index is 0.128. The van der Waals surface area contributed by atoms with Crippen molar-refractivity contribution in [3.8, 4) is 6.07 Å². The first-order chi connectivity index (χ1) is 7.70. The molecule has 2 rings (SSSR count). The number of rotatable bonds is 1. The van der Waals surface area contributed by atoms with Crippen LogP contribution in [0, 0.1) is 17.2 Å². The number of hydrogen-bond acceptors (Lipinski definition) is 2. The summed E-state index contributed by atoms with van der Waals surface area (Å²) < 4.78 is 0. The molecule has 1 unspecified atom stereocenters. The summed E-state index contributed by atoms with van der Waals surface area (Å²) in [6.45, 7) is 1.77. The third-order valence-electron chi connectivity index (χ3n) is 2.87. The van der Waals surface area contributed by atoms with Crippen LogP contribution >= 0.6 is 23.2 Å². The molecule has 16 heavy (non-hydrogen) atoms. The van der Waals surface area contributed by atoms with Crippen LogP contribution in [-0.2, 0) is 0 Å². The maximum atomic E-state index is 8.93. The molecule has 0 aliphatic carbocycles. The highest BCUT2D eigenvalue weighted by Gasteiger charge is 2.19. The molecule has 1 heterocycles. The van der Waals surface area contributed by atoms with Crippen LogP contribution in [-0.4, -0.2) is 13.1 Å². The highest BCUT2D eigenvalue weighted by Crippen LogP contribution is 2.29. The summed E-state index contributed by atoms with van der Waals surface area (Å²) in [7, 11) is 0. The lowest BCUT2D eigenvalue weighted by molar-refractivity contribution is 0.493. The molecule has 0 saturated carbocycles. The Morgan fingerprint density at radius 3 is 2.81 bits per heavy atom. The molecule has 2 nitrogen and oxygen atoms in total. The second-order valence-corrected chi connectivity index (χ2v) is 4.83. The average molecular weight is 255 g/mol. The van der Waals surface area contributed by atoms with Crippen LogP contribution < -0.4 is 4.90 Å². The standard InChI is InChI=1S/C12H12Cl2N2/c13-11-4-3-10(6-12(11)14)16-5-1-2-9(7-15)8-16/h3-4,6,9H,1-2,5,8H2. The molecule has 0 spiro atoms. The van der Waals surface area contributed by atoms with E-state index in [1.807, 2.05) is 12.1 Å². The van der Waals surface area contributed by atoms with Crippen LogP contribution in [0.5, 0.6) is 0 Å². The summed E-state index contributed by atoms with van der Waals surface area (Å²) in [5, 5.41) is 10.1. The highest BCUT2D eigenvalue weighted by molar-refractivity contribution is 6.42. The van der Waals surface area contributed by atoms with Crippen molar-refractivity contribution in [3.63, 3.8) is 0 Å². The largest absolute Gasteiger partial charge is 0.370 e. The van der Waals surface area contributed by atoms with Gasteiger partial charge in [0.05, 0.1) is 22.0 Å². The molecule has 84 valence electrons. The maximum absolute atomic E-state index is 8.93. The van der Waals surface area contributed by atoms with Gasteiger partial charge in [0.1, 0.15) is 0 Å². The molecule has 1 aliphatic heterocycles. The molecule has 1 atom stereocenters. The first-order valence-electron chi connectivity index (χ1n) is 5.30. The van der Waals surface area contributed by atoms with E-state index in [0.717, 1.165) is 31.6 Å². The van der Waals surface area contributed by atoms with Gasteiger partial charge >= 0.3 is 0 Å². The van der Waals surface area contributed by atoms with Crippen molar-refractivity contribution in [3.05, 3.63) is 28.2 Å². The van der Waals surface area contributed by atoms with E-state index in [9.17, 15) is 0 Å². The first kappa shape index (κ1) is 11.6. The Hall–Kier alpha value is -0.910. The minimum absolute atomic E-state index is 0.128. The van der Waals surface area contributed by atoms with E-state index in [2.05, 4.69) is 11.0 Å². The normalized spacial score (nSPS) is 20.6. The fourth-order valence-corrected chi connectivity index (χ4v) is 2.29. The molecule has 1 aromatic rings. The number of nitrogens with zero attached hydrogens (tertiary/aromatic N) is 2. The van der Waals surface area contributed by atoms with Gasteiger partial charge in [-0.25, -0.2) is 0 Å². The van der Waals surface area contributed by atoms with Gasteiger partial charge in [0.15, 0.2) is 0 Å². The molecule has 1 saturated heterocycles. The van der Waals surface area contributed by atoms with E-state index in [1.165, 1.54) is 0 Å². The molecule has 0 bridgehead atoms. The lowest BCUT2D eigenvalue weighted by Crippen LogP contribution is -2.34. The molecule has 1 aromatic carbocycles. The van der Waals surface area contributed by atoms with Crippen molar-refractivity contribution in [2.45, 2.75) is 12.8 Å². The second kappa shape index (κ2) is 4.95. The van der Waals surface area contributed by atoms with Gasteiger partial charge < -0.3 is 4.90 Å². The summed E-state index contributed by atoms with van der Waals surface area (Å²) in [6, 6.07) is 7.95. The van der Waals surface area contributed by atoms with Crippen molar-refractivity contribution in [1.82, 2.24) is 0 Å². The van der Waals surface area contributed by atoms with Crippen molar-refractivity contribution in [1.29, 1.82) is 5.26 Å². The van der Waals surface area contributed by atoms with Crippen LogP contribution in [0.4, 0.5) is 5.69 Å². The Kier molecular flexibility index (Phi) is 3.58. The topological polar surface area (TPSA) is 27.0 Å². The molecule has 4 heteroatoms. The fourth-order valence-electron chi connectivity index (χ4n) is 2.00. The van der Waals surface area contributed by atoms with Gasteiger partial charge in [-0.1, -0.05) is 23.2 Å². The zero-order chi connectivity index (χ0) is 11.5.